The Labute approximate surface area is 255 Å². The van der Waals surface area contributed by atoms with E-state index in [9.17, 15) is 14.7 Å². The van der Waals surface area contributed by atoms with Gasteiger partial charge in [0.2, 0.25) is 5.91 Å². The molecular weight excluding hydrogens is 546 g/mol. The first-order chi connectivity index (χ1) is 20.0. The molecule has 0 spiro atoms. The minimum absolute atomic E-state index is 0.0224. The number of nitrogens with zero attached hydrogens (tertiary/aromatic N) is 4. The average Bonchev–Trinajstić information content (AvgIpc) is 3.36. The topological polar surface area (TPSA) is 89.0 Å². The maximum absolute atomic E-state index is 13.2. The Morgan fingerprint density at radius 1 is 1.17 bits per heavy atom. The number of benzene rings is 1. The minimum Gasteiger partial charge on any atom is -0.392 e. The summed E-state index contributed by atoms with van der Waals surface area (Å²) in [6.45, 7) is 17.1. The number of carbonyl (C=O) groups is 2. The number of hydrogen-bond acceptors (Lipinski definition) is 7. The number of carbonyl (C=O) groups excluding carboxylic acids is 2. The van der Waals surface area contributed by atoms with E-state index < -0.39 is 6.10 Å². The van der Waals surface area contributed by atoms with Crippen molar-refractivity contribution in [3.8, 4) is 0 Å². The van der Waals surface area contributed by atoms with Crippen LogP contribution in [0.2, 0.25) is 0 Å². The van der Waals surface area contributed by atoms with Gasteiger partial charge in [-0.1, -0.05) is 32.9 Å². The van der Waals surface area contributed by atoms with Crippen LogP contribution in [0.4, 0.5) is 5.13 Å². The maximum Gasteiger partial charge on any atom is 0.257 e. The van der Waals surface area contributed by atoms with Crippen LogP contribution in [0.3, 0.4) is 0 Å². The summed E-state index contributed by atoms with van der Waals surface area (Å²) in [5.74, 6) is -0.207. The average molecular weight is 596 g/mol. The number of likely N-dealkylation sites (N-methyl/N-ethyl adjacent to an activating group) is 1. The van der Waals surface area contributed by atoms with Crippen molar-refractivity contribution in [1.82, 2.24) is 19.7 Å². The first-order valence-corrected chi connectivity index (χ1v) is 16.6. The number of aromatic nitrogens is 1. The van der Waals surface area contributed by atoms with Gasteiger partial charge in [0.05, 0.1) is 11.8 Å². The van der Waals surface area contributed by atoms with Crippen molar-refractivity contribution in [3.63, 3.8) is 0 Å². The van der Waals surface area contributed by atoms with Crippen molar-refractivity contribution in [3.05, 3.63) is 46.0 Å². The molecule has 1 aromatic heterocycles. The second kappa shape index (κ2) is 12.7. The molecule has 1 aliphatic heterocycles. The fourth-order valence-corrected chi connectivity index (χ4v) is 9.06. The van der Waals surface area contributed by atoms with Crippen LogP contribution in [0.15, 0.2) is 24.3 Å². The molecule has 2 N–H and O–H groups in total. The Morgan fingerprint density at radius 2 is 1.83 bits per heavy atom. The molecule has 0 unspecified atom stereocenters. The van der Waals surface area contributed by atoms with Crippen LogP contribution in [0.5, 0.6) is 0 Å². The van der Waals surface area contributed by atoms with E-state index in [1.54, 1.807) is 11.3 Å². The summed E-state index contributed by atoms with van der Waals surface area (Å²) in [4.78, 5) is 39.1. The number of thiazole rings is 1. The van der Waals surface area contributed by atoms with E-state index in [0.29, 0.717) is 23.8 Å². The molecule has 1 saturated heterocycles. The van der Waals surface area contributed by atoms with Crippen LogP contribution in [0, 0.1) is 23.2 Å². The van der Waals surface area contributed by atoms with E-state index in [1.807, 2.05) is 37.8 Å². The first-order valence-electron chi connectivity index (χ1n) is 15.8. The molecule has 42 heavy (non-hydrogen) atoms. The van der Waals surface area contributed by atoms with E-state index in [0.717, 1.165) is 57.7 Å². The van der Waals surface area contributed by atoms with Gasteiger partial charge in [0, 0.05) is 68.1 Å². The standard InChI is InChI=1S/C33H49N5O3S/c1-7-38(8-2)31(41)21(3)25-13-14-33(5)19-26-28(22(4)27(33)29(25)39)34-32(42-26)35-30(40)24-11-9-23(10-12-24)20-37-17-15-36(6)16-18-37/h9-12,21-22,25,27,29,39H,7-8,13-20H2,1-6H3,(H,34,35,40)/t21-,22-,25+,27+,29-,33+/m0/s1. The van der Waals surface area contributed by atoms with E-state index in [2.05, 4.69) is 48.1 Å². The largest absolute Gasteiger partial charge is 0.392 e. The smallest absolute Gasteiger partial charge is 0.257 e. The number of amides is 2. The van der Waals surface area contributed by atoms with Crippen LogP contribution < -0.4 is 5.32 Å². The van der Waals surface area contributed by atoms with Gasteiger partial charge in [-0.25, -0.2) is 4.98 Å². The molecule has 0 radical (unpaired) electrons. The van der Waals surface area contributed by atoms with Crippen LogP contribution in [0.1, 0.15) is 79.9 Å². The summed E-state index contributed by atoms with van der Waals surface area (Å²) < 4.78 is 0. The van der Waals surface area contributed by atoms with Crippen molar-refractivity contribution in [2.75, 3.05) is 51.6 Å². The van der Waals surface area contributed by atoms with Crippen LogP contribution >= 0.6 is 11.3 Å². The molecule has 0 bridgehead atoms. The summed E-state index contributed by atoms with van der Waals surface area (Å²) in [5, 5.41) is 15.4. The highest BCUT2D eigenvalue weighted by Gasteiger charge is 2.54. The summed E-state index contributed by atoms with van der Waals surface area (Å²) in [5.41, 5.74) is 2.77. The Hall–Kier alpha value is -2.33. The van der Waals surface area contributed by atoms with E-state index in [4.69, 9.17) is 4.98 Å². The SMILES string of the molecule is CCN(CC)C(=O)[C@@H](C)[C@H]1CC[C@]2(C)Cc3sc(NC(=O)c4ccc(CN5CCN(C)CC5)cc4)nc3[C@@H](C)[C@@H]2[C@H]1O. The van der Waals surface area contributed by atoms with Crippen molar-refractivity contribution in [1.29, 1.82) is 0 Å². The number of aliphatic hydroxyl groups is 1. The lowest BCUT2D eigenvalue weighted by Gasteiger charge is -2.53. The number of piperazine rings is 1. The van der Waals surface area contributed by atoms with Crippen molar-refractivity contribution >= 4 is 28.3 Å². The van der Waals surface area contributed by atoms with Gasteiger partial charge in [0.25, 0.3) is 5.91 Å². The summed E-state index contributed by atoms with van der Waals surface area (Å²) in [6.07, 6.45) is 2.09. The van der Waals surface area contributed by atoms with Gasteiger partial charge in [0.15, 0.2) is 5.13 Å². The van der Waals surface area contributed by atoms with E-state index >= 15 is 0 Å². The van der Waals surface area contributed by atoms with Crippen molar-refractivity contribution in [2.45, 2.75) is 72.4 Å². The van der Waals surface area contributed by atoms with Crippen molar-refractivity contribution in [2.24, 2.45) is 23.2 Å². The molecule has 1 aromatic carbocycles. The molecule has 5 rings (SSSR count). The summed E-state index contributed by atoms with van der Waals surface area (Å²) in [6, 6.07) is 7.92. The quantitative estimate of drug-likeness (QED) is 0.460. The lowest BCUT2D eigenvalue weighted by molar-refractivity contribution is -0.144. The predicted octanol–water partition coefficient (Wildman–Crippen LogP) is 4.70. The second-order valence-electron chi connectivity index (χ2n) is 13.2. The fourth-order valence-electron chi connectivity index (χ4n) is 7.80. The summed E-state index contributed by atoms with van der Waals surface area (Å²) in [7, 11) is 2.16. The second-order valence-corrected chi connectivity index (χ2v) is 14.3. The lowest BCUT2D eigenvalue weighted by atomic mass is 9.53. The minimum atomic E-state index is -0.564. The zero-order chi connectivity index (χ0) is 30.2. The van der Waals surface area contributed by atoms with Crippen LogP contribution in [-0.4, -0.2) is 89.0 Å². The molecular formula is C33H49N5O3S. The maximum atomic E-state index is 13.2. The van der Waals surface area contributed by atoms with Crippen LogP contribution in [-0.2, 0) is 17.8 Å². The Balaban J connectivity index is 1.25. The van der Waals surface area contributed by atoms with Gasteiger partial charge in [-0.05, 0) is 75.1 Å². The molecule has 230 valence electrons. The van der Waals surface area contributed by atoms with Crippen molar-refractivity contribution < 1.29 is 14.7 Å². The Morgan fingerprint density at radius 3 is 2.48 bits per heavy atom. The van der Waals surface area contributed by atoms with Gasteiger partial charge in [-0.2, -0.15) is 0 Å². The Bertz CT molecular complexity index is 1250. The highest BCUT2D eigenvalue weighted by atomic mass is 32.1. The highest BCUT2D eigenvalue weighted by Crippen LogP contribution is 2.57. The predicted molar refractivity (Wildman–Crippen MR) is 169 cm³/mol. The number of fused-ring (bicyclic) bond motifs is 2. The first kappa shape index (κ1) is 31.1. The number of anilines is 1. The van der Waals surface area contributed by atoms with Crippen LogP contribution in [0.25, 0.3) is 0 Å². The van der Waals surface area contributed by atoms with E-state index in [-0.39, 0.29) is 40.9 Å². The number of aliphatic hydroxyl groups excluding tert-OH is 1. The molecule has 2 aliphatic carbocycles. The molecule has 2 aromatic rings. The lowest BCUT2D eigenvalue weighted by Crippen LogP contribution is -2.53. The molecule has 8 nitrogen and oxygen atoms in total. The van der Waals surface area contributed by atoms with Gasteiger partial charge in [0.1, 0.15) is 0 Å². The molecule has 2 heterocycles. The molecule has 9 heteroatoms. The number of hydrogen-bond donors (Lipinski definition) is 2. The molecule has 3 aliphatic rings. The Kier molecular flexibility index (Phi) is 9.42. The summed E-state index contributed by atoms with van der Waals surface area (Å²) >= 11 is 1.57. The number of rotatable bonds is 8. The molecule has 2 fully saturated rings. The highest BCUT2D eigenvalue weighted by molar-refractivity contribution is 7.15. The third-order valence-electron chi connectivity index (χ3n) is 10.5. The van der Waals surface area contributed by atoms with Gasteiger partial charge in [-0.3, -0.25) is 19.8 Å². The normalized spacial score (nSPS) is 28.9. The monoisotopic (exact) mass is 595 g/mol. The van der Waals surface area contributed by atoms with E-state index in [1.165, 1.54) is 10.4 Å². The molecule has 1 saturated carbocycles. The fraction of sp³-hybridized carbons (Fsp3) is 0.667. The number of nitrogens with one attached hydrogen (secondary N) is 1. The van der Waals surface area contributed by atoms with Gasteiger partial charge in [-0.15, -0.1) is 11.3 Å². The van der Waals surface area contributed by atoms with Gasteiger partial charge >= 0.3 is 0 Å². The zero-order valence-corrected chi connectivity index (χ0v) is 27.0. The zero-order valence-electron chi connectivity index (χ0n) is 26.2. The third kappa shape index (κ3) is 6.16. The molecule has 2 amide bonds. The van der Waals surface area contributed by atoms with Gasteiger partial charge < -0.3 is 14.9 Å². The molecule has 6 atom stereocenters. The third-order valence-corrected chi connectivity index (χ3v) is 11.5.